The molecule has 0 aliphatic carbocycles. The van der Waals surface area contributed by atoms with Crippen LogP contribution in [0.5, 0.6) is 0 Å². The number of aryl methyl sites for hydroxylation is 1. The van der Waals surface area contributed by atoms with E-state index in [1.54, 1.807) is 6.92 Å². The summed E-state index contributed by atoms with van der Waals surface area (Å²) in [6.45, 7) is 1.58. The molecule has 2 rings (SSSR count). The molecule has 0 aliphatic heterocycles. The molecular formula is C11H10ClFN2O2S2. The highest BCUT2D eigenvalue weighted by Gasteiger charge is 2.26. The third-order valence-corrected chi connectivity index (χ3v) is 6.15. The fourth-order valence-electron chi connectivity index (χ4n) is 1.50. The number of aromatic nitrogens is 1. The maximum Gasteiger partial charge on any atom is 0.275 e. The molecule has 102 valence electrons. The summed E-state index contributed by atoms with van der Waals surface area (Å²) in [6.07, 6.45) is 0. The molecule has 0 radical (unpaired) electrons. The van der Waals surface area contributed by atoms with E-state index in [2.05, 4.69) is 4.98 Å². The maximum absolute atomic E-state index is 12.8. The zero-order valence-corrected chi connectivity index (χ0v) is 12.5. The van der Waals surface area contributed by atoms with E-state index in [9.17, 15) is 12.8 Å². The molecule has 0 unspecified atom stereocenters. The number of rotatable bonds is 3. The summed E-state index contributed by atoms with van der Waals surface area (Å²) in [6, 6.07) is 5.19. The average Bonchev–Trinajstić information content (AvgIpc) is 2.69. The summed E-state index contributed by atoms with van der Waals surface area (Å²) >= 11 is 6.62. The molecule has 8 heteroatoms. The van der Waals surface area contributed by atoms with Crippen molar-refractivity contribution in [2.24, 2.45) is 0 Å². The quantitative estimate of drug-likeness (QED) is 0.873. The van der Waals surface area contributed by atoms with Crippen molar-refractivity contribution in [3.63, 3.8) is 0 Å². The Morgan fingerprint density at radius 1 is 1.32 bits per heavy atom. The number of anilines is 1. The molecule has 1 heterocycles. The average molecular weight is 321 g/mol. The van der Waals surface area contributed by atoms with Gasteiger partial charge in [0.25, 0.3) is 10.0 Å². The van der Waals surface area contributed by atoms with Gasteiger partial charge in [-0.05, 0) is 31.2 Å². The molecule has 0 bridgehead atoms. The van der Waals surface area contributed by atoms with Crippen molar-refractivity contribution in [2.45, 2.75) is 11.1 Å². The van der Waals surface area contributed by atoms with E-state index in [1.165, 1.54) is 31.3 Å². The van der Waals surface area contributed by atoms with Gasteiger partial charge in [0, 0.05) is 7.05 Å². The number of hydrogen-bond donors (Lipinski definition) is 0. The van der Waals surface area contributed by atoms with Crippen molar-refractivity contribution >= 4 is 38.6 Å². The molecule has 0 N–H and O–H groups in total. The van der Waals surface area contributed by atoms with Gasteiger partial charge in [0.1, 0.15) is 5.82 Å². The van der Waals surface area contributed by atoms with E-state index in [-0.39, 0.29) is 8.68 Å². The molecular weight excluding hydrogens is 311 g/mol. The van der Waals surface area contributed by atoms with Crippen LogP contribution in [0.15, 0.2) is 28.5 Å². The molecule has 0 amide bonds. The first-order chi connectivity index (χ1) is 8.82. The lowest BCUT2D eigenvalue weighted by Gasteiger charge is -2.18. The lowest BCUT2D eigenvalue weighted by molar-refractivity contribution is 0.595. The zero-order valence-electron chi connectivity index (χ0n) is 10.1. The highest BCUT2D eigenvalue weighted by molar-refractivity contribution is 7.94. The van der Waals surface area contributed by atoms with E-state index in [0.717, 1.165) is 15.6 Å². The number of sulfonamides is 1. The first-order valence-electron chi connectivity index (χ1n) is 5.20. The van der Waals surface area contributed by atoms with Gasteiger partial charge in [0.2, 0.25) is 0 Å². The molecule has 2 aromatic rings. The number of halogens is 2. The molecule has 0 saturated heterocycles. The summed E-state index contributed by atoms with van der Waals surface area (Å²) in [5.74, 6) is -0.424. The number of nitrogens with zero attached hydrogens (tertiary/aromatic N) is 2. The van der Waals surface area contributed by atoms with Crippen LogP contribution in [-0.4, -0.2) is 20.4 Å². The molecule has 19 heavy (non-hydrogen) atoms. The Bertz CT molecular complexity index is 698. The Hall–Kier alpha value is -1.18. The summed E-state index contributed by atoms with van der Waals surface area (Å²) in [7, 11) is -2.33. The van der Waals surface area contributed by atoms with Gasteiger partial charge >= 0.3 is 0 Å². The second kappa shape index (κ2) is 5.07. The smallest absolute Gasteiger partial charge is 0.269 e. The van der Waals surface area contributed by atoms with Gasteiger partial charge in [-0.15, -0.1) is 0 Å². The Morgan fingerprint density at radius 3 is 2.37 bits per heavy atom. The number of benzene rings is 1. The third-order valence-electron chi connectivity index (χ3n) is 2.51. The van der Waals surface area contributed by atoms with Crippen molar-refractivity contribution < 1.29 is 12.8 Å². The van der Waals surface area contributed by atoms with Crippen molar-refractivity contribution in [2.75, 3.05) is 11.4 Å². The van der Waals surface area contributed by atoms with Crippen LogP contribution in [0, 0.1) is 12.7 Å². The molecule has 1 aromatic heterocycles. The van der Waals surface area contributed by atoms with Crippen molar-refractivity contribution in [1.82, 2.24) is 4.98 Å². The summed E-state index contributed by atoms with van der Waals surface area (Å²) < 4.78 is 39.0. The SMILES string of the molecule is Cc1nc(Cl)sc1S(=O)(=O)N(C)c1ccc(F)cc1. The van der Waals surface area contributed by atoms with Gasteiger partial charge in [0.15, 0.2) is 8.68 Å². The first kappa shape index (κ1) is 14.2. The number of hydrogen-bond acceptors (Lipinski definition) is 4. The Morgan fingerprint density at radius 2 is 1.89 bits per heavy atom. The topological polar surface area (TPSA) is 50.3 Å². The highest BCUT2D eigenvalue weighted by atomic mass is 35.5. The summed E-state index contributed by atoms with van der Waals surface area (Å²) in [4.78, 5) is 3.89. The predicted molar refractivity (Wildman–Crippen MR) is 73.8 cm³/mol. The molecule has 1 aromatic carbocycles. The summed E-state index contributed by atoms with van der Waals surface area (Å²) in [5, 5.41) is 0. The minimum absolute atomic E-state index is 0.0873. The second-order valence-electron chi connectivity index (χ2n) is 3.79. The van der Waals surface area contributed by atoms with Crippen LogP contribution < -0.4 is 4.31 Å². The van der Waals surface area contributed by atoms with Crippen molar-refractivity contribution in [3.05, 3.63) is 40.2 Å². The van der Waals surface area contributed by atoms with Gasteiger partial charge < -0.3 is 0 Å². The Labute approximate surface area is 119 Å². The maximum atomic E-state index is 12.8. The van der Waals surface area contributed by atoms with Crippen LogP contribution >= 0.6 is 22.9 Å². The molecule has 0 saturated carbocycles. The minimum Gasteiger partial charge on any atom is -0.269 e. The van der Waals surface area contributed by atoms with Gasteiger partial charge in [-0.25, -0.2) is 17.8 Å². The monoisotopic (exact) mass is 320 g/mol. The van der Waals surface area contributed by atoms with Crippen molar-refractivity contribution in [1.29, 1.82) is 0 Å². The number of thiazole rings is 1. The van der Waals surface area contributed by atoms with Gasteiger partial charge in [-0.1, -0.05) is 22.9 Å². The van der Waals surface area contributed by atoms with Crippen LogP contribution in [-0.2, 0) is 10.0 Å². The highest BCUT2D eigenvalue weighted by Crippen LogP contribution is 2.31. The van der Waals surface area contributed by atoms with E-state index in [0.29, 0.717) is 11.4 Å². The van der Waals surface area contributed by atoms with Crippen LogP contribution in [0.2, 0.25) is 4.47 Å². The largest absolute Gasteiger partial charge is 0.275 e. The first-order valence-corrected chi connectivity index (χ1v) is 7.83. The van der Waals surface area contributed by atoms with Gasteiger partial charge in [0.05, 0.1) is 11.4 Å². The normalized spacial score (nSPS) is 11.6. The fraction of sp³-hybridized carbons (Fsp3) is 0.182. The standard InChI is InChI=1S/C11H10ClFN2O2S2/c1-7-10(18-11(12)14-7)19(16,17)15(2)9-5-3-8(13)4-6-9/h3-6H,1-2H3. The van der Waals surface area contributed by atoms with Crippen LogP contribution in [0.3, 0.4) is 0 Å². The zero-order chi connectivity index (χ0) is 14.2. The fourth-order valence-corrected chi connectivity index (χ4v) is 4.59. The Balaban J connectivity index is 2.45. The molecule has 4 nitrogen and oxygen atoms in total. The van der Waals surface area contributed by atoms with E-state index in [4.69, 9.17) is 11.6 Å². The van der Waals surface area contributed by atoms with E-state index >= 15 is 0 Å². The second-order valence-corrected chi connectivity index (χ2v) is 7.53. The van der Waals surface area contributed by atoms with Crippen LogP contribution in [0.25, 0.3) is 0 Å². The molecule has 0 fully saturated rings. The molecule has 0 spiro atoms. The van der Waals surface area contributed by atoms with E-state index in [1.807, 2.05) is 0 Å². The van der Waals surface area contributed by atoms with Crippen LogP contribution in [0.1, 0.15) is 5.69 Å². The van der Waals surface area contributed by atoms with Gasteiger partial charge in [-0.3, -0.25) is 4.31 Å². The van der Waals surface area contributed by atoms with Crippen LogP contribution in [0.4, 0.5) is 10.1 Å². The van der Waals surface area contributed by atoms with Crippen molar-refractivity contribution in [3.8, 4) is 0 Å². The van der Waals surface area contributed by atoms with E-state index < -0.39 is 15.8 Å². The lowest BCUT2D eigenvalue weighted by atomic mass is 10.3. The third kappa shape index (κ3) is 2.72. The molecule has 0 atom stereocenters. The Kier molecular flexibility index (Phi) is 3.80. The summed E-state index contributed by atoms with van der Waals surface area (Å²) in [5.41, 5.74) is 0.717. The lowest BCUT2D eigenvalue weighted by Crippen LogP contribution is -2.26. The minimum atomic E-state index is -3.73. The predicted octanol–water partition coefficient (Wildman–Crippen LogP) is 3.07. The molecule has 0 aliphatic rings. The van der Waals surface area contributed by atoms with Gasteiger partial charge in [-0.2, -0.15) is 0 Å².